The smallest absolute Gasteiger partial charge is 0.369 e. The lowest BCUT2D eigenvalue weighted by molar-refractivity contribution is -0.137. The molecule has 0 radical (unpaired) electrons. The number of anilines is 1. The fraction of sp³-hybridized carbons (Fsp3) is 0.278. The summed E-state index contributed by atoms with van der Waals surface area (Å²) in [5.41, 5.74) is -1.35. The van der Waals surface area contributed by atoms with E-state index in [9.17, 15) is 30.4 Å². The molecule has 0 N–H and O–H groups in total. The number of hydrogen-bond donors (Lipinski definition) is 0. The van der Waals surface area contributed by atoms with Crippen molar-refractivity contribution in [3.63, 3.8) is 0 Å². The molecule has 0 spiro atoms. The van der Waals surface area contributed by atoms with E-state index < -0.39 is 43.9 Å². The molecule has 0 amide bonds. The largest absolute Gasteiger partial charge is 0.417 e. The van der Waals surface area contributed by atoms with E-state index in [0.29, 0.717) is 12.1 Å². The number of alkyl halides is 3. The summed E-state index contributed by atoms with van der Waals surface area (Å²) < 4.78 is 92.1. The Kier molecular flexibility index (Phi) is 5.51. The average Bonchev–Trinajstić information content (AvgIpc) is 2.69. The first kappa shape index (κ1) is 21.0. The van der Waals surface area contributed by atoms with E-state index in [1.807, 2.05) is 0 Å². The van der Waals surface area contributed by atoms with Crippen LogP contribution in [0, 0.1) is 23.0 Å². The van der Waals surface area contributed by atoms with Gasteiger partial charge in [0.25, 0.3) is 0 Å². The van der Waals surface area contributed by atoms with E-state index >= 15 is 0 Å². The third kappa shape index (κ3) is 4.18. The first-order valence-electron chi connectivity index (χ1n) is 8.35. The zero-order valence-electron chi connectivity index (χ0n) is 14.7. The Morgan fingerprint density at radius 1 is 0.931 bits per heavy atom. The van der Waals surface area contributed by atoms with Gasteiger partial charge in [0.2, 0.25) is 10.0 Å². The third-order valence-electron chi connectivity index (χ3n) is 4.56. The number of benzene rings is 2. The monoisotopic (exact) mass is 431 g/mol. The van der Waals surface area contributed by atoms with Gasteiger partial charge in [-0.2, -0.15) is 22.7 Å². The Hall–Kier alpha value is -2.71. The highest BCUT2D eigenvalue weighted by Crippen LogP contribution is 2.34. The number of hydrogen-bond acceptors (Lipinski definition) is 4. The Balaban J connectivity index is 1.79. The van der Waals surface area contributed by atoms with Crippen LogP contribution in [0.15, 0.2) is 41.3 Å². The minimum Gasteiger partial charge on any atom is -0.369 e. The third-order valence-corrected chi connectivity index (χ3v) is 6.46. The van der Waals surface area contributed by atoms with Crippen LogP contribution in [-0.2, 0) is 16.2 Å². The van der Waals surface area contributed by atoms with Gasteiger partial charge in [0.05, 0.1) is 22.1 Å². The van der Waals surface area contributed by atoms with Crippen molar-refractivity contribution in [1.29, 1.82) is 5.26 Å². The second-order valence-electron chi connectivity index (χ2n) is 6.31. The van der Waals surface area contributed by atoms with Crippen molar-refractivity contribution >= 4 is 15.7 Å². The van der Waals surface area contributed by atoms with E-state index in [-0.39, 0.29) is 31.9 Å². The van der Waals surface area contributed by atoms with Crippen LogP contribution < -0.4 is 4.90 Å². The maximum atomic E-state index is 13.4. The minimum absolute atomic E-state index is 0.0529. The molecule has 29 heavy (non-hydrogen) atoms. The summed E-state index contributed by atoms with van der Waals surface area (Å²) in [6.45, 7) is 0.0730. The first-order chi connectivity index (χ1) is 13.5. The molecule has 1 aliphatic rings. The average molecular weight is 431 g/mol. The van der Waals surface area contributed by atoms with E-state index in [0.717, 1.165) is 22.5 Å². The molecule has 154 valence electrons. The van der Waals surface area contributed by atoms with Crippen LogP contribution in [0.25, 0.3) is 0 Å². The molecule has 5 nitrogen and oxygen atoms in total. The van der Waals surface area contributed by atoms with Crippen LogP contribution in [0.5, 0.6) is 0 Å². The first-order valence-corrected chi connectivity index (χ1v) is 9.79. The van der Waals surface area contributed by atoms with E-state index in [4.69, 9.17) is 5.26 Å². The van der Waals surface area contributed by atoms with Crippen molar-refractivity contribution in [2.45, 2.75) is 11.1 Å². The van der Waals surface area contributed by atoms with Crippen molar-refractivity contribution in [1.82, 2.24) is 4.31 Å². The Morgan fingerprint density at radius 3 is 2.14 bits per heavy atom. The fourth-order valence-corrected chi connectivity index (χ4v) is 4.47. The van der Waals surface area contributed by atoms with Gasteiger partial charge in [-0.1, -0.05) is 0 Å². The summed E-state index contributed by atoms with van der Waals surface area (Å²) >= 11 is 0. The Bertz CT molecular complexity index is 1070. The molecule has 11 heteroatoms. The second-order valence-corrected chi connectivity index (χ2v) is 8.24. The molecule has 1 saturated heterocycles. The van der Waals surface area contributed by atoms with Gasteiger partial charge >= 0.3 is 6.18 Å². The SMILES string of the molecule is N#Cc1ccc(N2CCN(S(=O)(=O)c3ccc(F)c(F)c3)CC2)cc1C(F)(F)F. The molecular formula is C18H14F5N3O2S. The zero-order valence-corrected chi connectivity index (χ0v) is 15.6. The molecule has 1 fully saturated rings. The second kappa shape index (κ2) is 7.61. The van der Waals surface area contributed by atoms with Gasteiger partial charge in [0.15, 0.2) is 11.6 Å². The molecule has 1 heterocycles. The van der Waals surface area contributed by atoms with Crippen LogP contribution in [0.2, 0.25) is 0 Å². The number of nitriles is 1. The van der Waals surface area contributed by atoms with Gasteiger partial charge in [-0.15, -0.1) is 0 Å². The maximum absolute atomic E-state index is 13.4. The van der Waals surface area contributed by atoms with Crippen molar-refractivity contribution < 1.29 is 30.4 Å². The predicted octanol–water partition coefficient (Wildman–Crippen LogP) is 3.37. The highest BCUT2D eigenvalue weighted by atomic mass is 32.2. The highest BCUT2D eigenvalue weighted by Gasteiger charge is 2.35. The van der Waals surface area contributed by atoms with Crippen molar-refractivity contribution in [3.05, 3.63) is 59.2 Å². The summed E-state index contributed by atoms with van der Waals surface area (Å²) in [6, 6.07) is 7.06. The number of sulfonamides is 1. The molecule has 2 aromatic rings. The van der Waals surface area contributed by atoms with Gasteiger partial charge in [0.1, 0.15) is 0 Å². The van der Waals surface area contributed by atoms with Gasteiger partial charge < -0.3 is 4.90 Å². The maximum Gasteiger partial charge on any atom is 0.417 e. The lowest BCUT2D eigenvalue weighted by Gasteiger charge is -2.35. The van der Waals surface area contributed by atoms with Crippen LogP contribution in [0.1, 0.15) is 11.1 Å². The van der Waals surface area contributed by atoms with Crippen molar-refractivity contribution in [3.8, 4) is 6.07 Å². The summed E-state index contributed by atoms with van der Waals surface area (Å²) in [6.07, 6.45) is -4.70. The summed E-state index contributed by atoms with van der Waals surface area (Å²) in [7, 11) is -4.07. The molecule has 2 aromatic carbocycles. The fourth-order valence-electron chi connectivity index (χ4n) is 3.03. The highest BCUT2D eigenvalue weighted by molar-refractivity contribution is 7.89. The predicted molar refractivity (Wildman–Crippen MR) is 93.5 cm³/mol. The quantitative estimate of drug-likeness (QED) is 0.700. The summed E-state index contributed by atoms with van der Waals surface area (Å²) in [5, 5.41) is 8.87. The van der Waals surface area contributed by atoms with Crippen molar-refractivity contribution in [2.75, 3.05) is 31.1 Å². The molecule has 0 bridgehead atoms. The minimum atomic E-state index is -4.70. The van der Waals surface area contributed by atoms with Crippen LogP contribution in [0.4, 0.5) is 27.6 Å². The molecule has 0 saturated carbocycles. The van der Waals surface area contributed by atoms with Crippen molar-refractivity contribution in [2.24, 2.45) is 0 Å². The van der Waals surface area contributed by atoms with Gasteiger partial charge in [-0.3, -0.25) is 0 Å². The lowest BCUT2D eigenvalue weighted by Crippen LogP contribution is -2.48. The molecular weight excluding hydrogens is 417 g/mol. The van der Waals surface area contributed by atoms with Crippen LogP contribution in [0.3, 0.4) is 0 Å². The Labute approximate surface area is 163 Å². The molecule has 0 aromatic heterocycles. The molecule has 0 unspecified atom stereocenters. The zero-order chi connectivity index (χ0) is 21.4. The van der Waals surface area contributed by atoms with Crippen LogP contribution >= 0.6 is 0 Å². The van der Waals surface area contributed by atoms with E-state index in [2.05, 4.69) is 0 Å². The summed E-state index contributed by atoms with van der Waals surface area (Å²) in [4.78, 5) is 1.16. The van der Waals surface area contributed by atoms with Crippen LogP contribution in [-0.4, -0.2) is 38.9 Å². The van der Waals surface area contributed by atoms with Gasteiger partial charge in [0, 0.05) is 31.9 Å². The number of piperazine rings is 1. The normalized spacial score (nSPS) is 15.9. The number of rotatable bonds is 3. The summed E-state index contributed by atoms with van der Waals surface area (Å²) in [5.74, 6) is -2.46. The Morgan fingerprint density at radius 2 is 1.59 bits per heavy atom. The molecule has 3 rings (SSSR count). The standard InChI is InChI=1S/C18H14F5N3O2S/c19-16-4-3-14(10-17(16)20)29(27,28)26-7-5-25(6-8-26)13-2-1-12(11-24)15(9-13)18(21,22)23/h1-4,9-10H,5-8H2. The molecule has 0 aliphatic carbocycles. The molecule has 0 atom stereocenters. The topological polar surface area (TPSA) is 64.4 Å². The number of halogens is 5. The molecule has 1 aliphatic heterocycles. The van der Waals surface area contributed by atoms with E-state index in [1.165, 1.54) is 12.1 Å². The van der Waals surface area contributed by atoms with E-state index in [1.54, 1.807) is 4.90 Å². The van der Waals surface area contributed by atoms with Gasteiger partial charge in [-0.05, 0) is 36.4 Å². The van der Waals surface area contributed by atoms with Gasteiger partial charge in [-0.25, -0.2) is 17.2 Å². The lowest BCUT2D eigenvalue weighted by atomic mass is 10.1. The number of nitrogens with zero attached hydrogens (tertiary/aromatic N) is 3.